The first kappa shape index (κ1) is 20.6. The number of fused-ring (bicyclic) bond motifs is 1. The Balaban J connectivity index is 1.76. The molecule has 0 bridgehead atoms. The zero-order chi connectivity index (χ0) is 21.3. The summed E-state index contributed by atoms with van der Waals surface area (Å²) >= 11 is 12.6. The Hall–Kier alpha value is -2.66. The summed E-state index contributed by atoms with van der Waals surface area (Å²) in [5.41, 5.74) is 4.50. The van der Waals surface area contributed by atoms with Crippen LogP contribution in [0, 0.1) is 6.92 Å². The summed E-state index contributed by atoms with van der Waals surface area (Å²) in [6.45, 7) is 6.32. The molecule has 2 aromatic heterocycles. The predicted molar refractivity (Wildman–Crippen MR) is 124 cm³/mol. The van der Waals surface area contributed by atoms with Crippen LogP contribution in [-0.4, -0.2) is 16.7 Å². The van der Waals surface area contributed by atoms with Crippen molar-refractivity contribution >= 4 is 39.8 Å². The fourth-order valence-electron chi connectivity index (χ4n) is 3.64. The summed E-state index contributed by atoms with van der Waals surface area (Å²) < 4.78 is 6.03. The van der Waals surface area contributed by atoms with Crippen molar-refractivity contribution in [2.24, 2.45) is 0 Å². The topological polar surface area (TPSA) is 61.2 Å². The number of halogens is 2. The van der Waals surface area contributed by atoms with Crippen LogP contribution in [0.25, 0.3) is 10.9 Å². The number of hydrogen-bond acceptors (Lipinski definition) is 3. The normalized spacial score (nSPS) is 12.3. The lowest BCUT2D eigenvalue weighted by molar-refractivity contribution is 0.286. The Kier molecular flexibility index (Phi) is 5.91. The largest absolute Gasteiger partial charge is 0.465 e. The highest BCUT2D eigenvalue weighted by Gasteiger charge is 2.24. The summed E-state index contributed by atoms with van der Waals surface area (Å²) in [7, 11) is 0. The molecule has 4 rings (SSSR count). The van der Waals surface area contributed by atoms with Crippen LogP contribution in [0.4, 0.5) is 5.69 Å². The molecule has 30 heavy (non-hydrogen) atoms. The molecule has 4 aromatic rings. The number of rotatable bonds is 7. The number of aromatic nitrogens is 1. The third-order valence-corrected chi connectivity index (χ3v) is 5.51. The molecule has 0 amide bonds. The van der Waals surface area contributed by atoms with E-state index in [1.165, 1.54) is 0 Å². The molecule has 0 radical (unpaired) electrons. The highest BCUT2D eigenvalue weighted by atomic mass is 35.5. The van der Waals surface area contributed by atoms with E-state index in [0.29, 0.717) is 16.5 Å². The van der Waals surface area contributed by atoms with Crippen LogP contribution in [-0.2, 0) is 6.42 Å². The van der Waals surface area contributed by atoms with Gasteiger partial charge in [-0.2, -0.15) is 0 Å². The second-order valence-electron chi connectivity index (χ2n) is 7.30. The van der Waals surface area contributed by atoms with E-state index < -0.39 is 0 Å². The van der Waals surface area contributed by atoms with Crippen LogP contribution in [0.5, 0.6) is 0 Å². The molecule has 0 fully saturated rings. The molecule has 0 spiro atoms. The molecule has 0 aliphatic rings. The maximum absolute atomic E-state index is 9.24. The lowest BCUT2D eigenvalue weighted by Crippen LogP contribution is -2.11. The van der Waals surface area contributed by atoms with Gasteiger partial charge >= 0.3 is 0 Å². The first-order valence-corrected chi connectivity index (χ1v) is 10.4. The van der Waals surface area contributed by atoms with Crippen molar-refractivity contribution in [3.8, 4) is 0 Å². The number of benzene rings is 2. The van der Waals surface area contributed by atoms with Crippen molar-refractivity contribution in [3.05, 3.63) is 99.7 Å². The van der Waals surface area contributed by atoms with E-state index in [-0.39, 0.29) is 12.5 Å². The molecule has 3 N–H and O–H groups in total. The Morgan fingerprint density at radius 3 is 2.77 bits per heavy atom. The van der Waals surface area contributed by atoms with Gasteiger partial charge < -0.3 is 19.8 Å². The van der Waals surface area contributed by atoms with E-state index in [0.717, 1.165) is 45.1 Å². The first-order chi connectivity index (χ1) is 14.4. The van der Waals surface area contributed by atoms with E-state index in [4.69, 9.17) is 27.6 Å². The molecular formula is C24H22Cl2N2O2. The fourth-order valence-corrected chi connectivity index (χ4v) is 4.16. The van der Waals surface area contributed by atoms with E-state index in [9.17, 15) is 5.11 Å². The molecule has 0 aliphatic heterocycles. The maximum Gasteiger partial charge on any atom is 0.119 e. The number of furan rings is 1. The zero-order valence-corrected chi connectivity index (χ0v) is 18.0. The Bertz CT molecular complexity index is 1210. The monoisotopic (exact) mass is 440 g/mol. The van der Waals surface area contributed by atoms with Crippen LogP contribution in [0.15, 0.2) is 71.3 Å². The molecular weight excluding hydrogens is 419 g/mol. The molecule has 2 heterocycles. The van der Waals surface area contributed by atoms with E-state index in [2.05, 4.69) is 22.9 Å². The lowest BCUT2D eigenvalue weighted by atomic mass is 9.98. The van der Waals surface area contributed by atoms with Crippen molar-refractivity contribution in [1.29, 1.82) is 0 Å². The summed E-state index contributed by atoms with van der Waals surface area (Å²) in [6, 6.07) is 17.3. The smallest absolute Gasteiger partial charge is 0.119 e. The molecule has 154 valence electrons. The van der Waals surface area contributed by atoms with Gasteiger partial charge in [0.25, 0.3) is 0 Å². The third-order valence-electron chi connectivity index (χ3n) is 4.97. The van der Waals surface area contributed by atoms with E-state index in [1.807, 2.05) is 55.5 Å². The molecule has 0 saturated carbocycles. The Morgan fingerprint density at radius 1 is 1.17 bits per heavy atom. The van der Waals surface area contributed by atoms with Gasteiger partial charge in [0, 0.05) is 39.4 Å². The number of H-pyrrole nitrogens is 1. The molecule has 1 unspecified atom stereocenters. The van der Waals surface area contributed by atoms with E-state index in [1.54, 1.807) is 0 Å². The first-order valence-electron chi connectivity index (χ1n) is 9.64. The Morgan fingerprint density at radius 2 is 2.00 bits per heavy atom. The van der Waals surface area contributed by atoms with Crippen LogP contribution in [0.2, 0.25) is 10.0 Å². The second-order valence-corrected chi connectivity index (χ2v) is 8.15. The number of hydrogen-bond donors (Lipinski definition) is 3. The number of aliphatic hydroxyl groups is 1. The summed E-state index contributed by atoms with van der Waals surface area (Å²) in [5.74, 6) is 1.15. The number of aryl methyl sites for hydroxylation is 1. The zero-order valence-electron chi connectivity index (χ0n) is 16.5. The number of allylic oxidation sites excluding steroid dienone is 1. The minimum absolute atomic E-state index is 0.0284. The molecule has 4 nitrogen and oxygen atoms in total. The number of aromatic amines is 1. The van der Waals surface area contributed by atoms with Crippen LogP contribution < -0.4 is 5.32 Å². The van der Waals surface area contributed by atoms with Gasteiger partial charge in [-0.1, -0.05) is 35.8 Å². The van der Waals surface area contributed by atoms with Gasteiger partial charge in [-0.15, -0.1) is 0 Å². The van der Waals surface area contributed by atoms with Crippen molar-refractivity contribution in [2.75, 3.05) is 11.9 Å². The molecule has 2 aromatic carbocycles. The number of aliphatic hydroxyl groups excluding tert-OH is 1. The highest BCUT2D eigenvalue weighted by molar-refractivity contribution is 6.35. The van der Waals surface area contributed by atoms with Crippen molar-refractivity contribution in [3.63, 3.8) is 0 Å². The molecule has 1 atom stereocenters. The SMILES string of the molecule is C=C(Nc1cccc(Cl)c1)C(c1cc2c(Cl)cc(C)cc2[nH]1)c1ccc(CCO)o1. The fraction of sp³-hybridized carbons (Fsp3) is 0.167. The van der Waals surface area contributed by atoms with E-state index >= 15 is 0 Å². The summed E-state index contributed by atoms with van der Waals surface area (Å²) in [4.78, 5) is 3.47. The quantitative estimate of drug-likeness (QED) is 0.300. The van der Waals surface area contributed by atoms with Crippen molar-refractivity contribution in [2.45, 2.75) is 19.3 Å². The maximum atomic E-state index is 9.24. The van der Waals surface area contributed by atoms with Crippen LogP contribution in [0.1, 0.15) is 28.7 Å². The number of anilines is 1. The van der Waals surface area contributed by atoms with Crippen LogP contribution in [0.3, 0.4) is 0 Å². The molecule has 6 heteroatoms. The van der Waals surface area contributed by atoms with Crippen LogP contribution >= 0.6 is 23.2 Å². The van der Waals surface area contributed by atoms with Gasteiger partial charge in [-0.3, -0.25) is 0 Å². The third kappa shape index (κ3) is 4.26. The second kappa shape index (κ2) is 8.60. The standard InChI is InChI=1S/C24H22Cl2N2O2/c1-14-10-20(26)19-13-22(28-21(19)11-14)24(23-7-6-18(30-23)8-9-29)15(2)27-17-5-3-4-16(25)12-17/h3-7,10-13,24,27-29H,2,8-9H2,1H3. The lowest BCUT2D eigenvalue weighted by Gasteiger charge is -2.19. The molecule has 0 aliphatic carbocycles. The summed E-state index contributed by atoms with van der Waals surface area (Å²) in [6.07, 6.45) is 0.457. The van der Waals surface area contributed by atoms with Crippen molar-refractivity contribution in [1.82, 2.24) is 4.98 Å². The number of nitrogens with one attached hydrogen (secondary N) is 2. The van der Waals surface area contributed by atoms with Gasteiger partial charge in [0.15, 0.2) is 0 Å². The Labute approximate surface area is 185 Å². The van der Waals surface area contributed by atoms with Gasteiger partial charge in [-0.25, -0.2) is 0 Å². The van der Waals surface area contributed by atoms with Crippen molar-refractivity contribution < 1.29 is 9.52 Å². The minimum Gasteiger partial charge on any atom is -0.465 e. The average molecular weight is 441 g/mol. The average Bonchev–Trinajstić information content (AvgIpc) is 3.30. The molecule has 0 saturated heterocycles. The van der Waals surface area contributed by atoms with Gasteiger partial charge in [-0.05, 0) is 61.0 Å². The minimum atomic E-state index is -0.291. The predicted octanol–water partition coefficient (Wildman–Crippen LogP) is 6.67. The summed E-state index contributed by atoms with van der Waals surface area (Å²) in [5, 5.41) is 14.9. The highest BCUT2D eigenvalue weighted by Crippen LogP contribution is 2.36. The van der Waals surface area contributed by atoms with Gasteiger partial charge in [0.1, 0.15) is 11.5 Å². The van der Waals surface area contributed by atoms with Gasteiger partial charge in [0.2, 0.25) is 0 Å². The van der Waals surface area contributed by atoms with Gasteiger partial charge in [0.05, 0.1) is 17.5 Å².